The second kappa shape index (κ2) is 8.49. The molecular formula is C23H23N3O4S. The van der Waals surface area contributed by atoms with Gasteiger partial charge in [-0.15, -0.1) is 0 Å². The number of aryl methyl sites for hydroxylation is 1. The number of sulfonamides is 1. The first-order valence-corrected chi connectivity index (χ1v) is 11.3. The third-order valence-electron chi connectivity index (χ3n) is 5.35. The van der Waals surface area contributed by atoms with Crippen LogP contribution >= 0.6 is 0 Å². The van der Waals surface area contributed by atoms with Crippen molar-refractivity contribution in [1.29, 1.82) is 0 Å². The molecule has 0 bridgehead atoms. The number of methoxy groups -OCH3 is 1. The Labute approximate surface area is 181 Å². The minimum absolute atomic E-state index is 0.130. The second-order valence-electron chi connectivity index (χ2n) is 7.43. The number of amides is 1. The van der Waals surface area contributed by atoms with Gasteiger partial charge in [-0.1, -0.05) is 42.0 Å². The number of hydrogen-bond acceptors (Lipinski definition) is 5. The van der Waals surface area contributed by atoms with Crippen LogP contribution in [0.15, 0.2) is 71.8 Å². The van der Waals surface area contributed by atoms with Crippen LogP contribution in [0.25, 0.3) is 0 Å². The zero-order valence-electron chi connectivity index (χ0n) is 17.3. The van der Waals surface area contributed by atoms with Gasteiger partial charge in [-0.25, -0.2) is 13.4 Å². The second-order valence-corrected chi connectivity index (χ2v) is 9.32. The monoisotopic (exact) mass is 437 g/mol. The molecule has 31 heavy (non-hydrogen) atoms. The first-order chi connectivity index (χ1) is 14.9. The molecule has 8 heteroatoms. The van der Waals surface area contributed by atoms with Gasteiger partial charge >= 0.3 is 0 Å². The fourth-order valence-electron chi connectivity index (χ4n) is 3.62. The van der Waals surface area contributed by atoms with E-state index < -0.39 is 22.0 Å². The average Bonchev–Trinajstić information content (AvgIpc) is 2.79. The maximum absolute atomic E-state index is 13.5. The molecule has 7 nitrogen and oxygen atoms in total. The molecule has 1 N–H and O–H groups in total. The summed E-state index contributed by atoms with van der Waals surface area (Å²) >= 11 is 0. The van der Waals surface area contributed by atoms with Crippen LogP contribution in [0.3, 0.4) is 0 Å². The minimum Gasteiger partial charge on any atom is -0.481 e. The molecule has 0 radical (unpaired) electrons. The van der Waals surface area contributed by atoms with Crippen molar-refractivity contribution >= 4 is 21.6 Å². The number of hydrogen-bond donors (Lipinski definition) is 1. The van der Waals surface area contributed by atoms with Crippen molar-refractivity contribution in [2.45, 2.75) is 30.8 Å². The number of rotatable bonds is 5. The third-order valence-corrected chi connectivity index (χ3v) is 7.22. The zero-order valence-corrected chi connectivity index (χ0v) is 18.1. The number of pyridine rings is 1. The van der Waals surface area contributed by atoms with Gasteiger partial charge in [0.1, 0.15) is 6.04 Å². The van der Waals surface area contributed by atoms with Crippen molar-refractivity contribution in [2.75, 3.05) is 12.4 Å². The number of ether oxygens (including phenoxy) is 1. The minimum atomic E-state index is -3.88. The molecule has 1 aliphatic rings. The lowest BCUT2D eigenvalue weighted by Gasteiger charge is -2.35. The van der Waals surface area contributed by atoms with Crippen molar-refractivity contribution in [1.82, 2.24) is 9.29 Å². The van der Waals surface area contributed by atoms with Gasteiger partial charge in [-0.3, -0.25) is 4.79 Å². The number of anilines is 1. The number of carbonyl (C=O) groups excluding carboxylic acids is 1. The lowest BCUT2D eigenvalue weighted by Crippen LogP contribution is -2.50. The molecule has 1 aromatic heterocycles. The topological polar surface area (TPSA) is 88.6 Å². The number of fused-ring (bicyclic) bond motifs is 1. The van der Waals surface area contributed by atoms with E-state index in [1.165, 1.54) is 17.6 Å². The Hall–Kier alpha value is -3.23. The Balaban J connectivity index is 1.68. The van der Waals surface area contributed by atoms with E-state index in [1.54, 1.807) is 36.4 Å². The van der Waals surface area contributed by atoms with Gasteiger partial charge < -0.3 is 10.1 Å². The predicted molar refractivity (Wildman–Crippen MR) is 117 cm³/mol. The molecule has 2 heterocycles. The first kappa shape index (κ1) is 21.0. The van der Waals surface area contributed by atoms with E-state index in [0.717, 1.165) is 16.7 Å². The largest absolute Gasteiger partial charge is 0.481 e. The molecule has 4 rings (SSSR count). The van der Waals surface area contributed by atoms with Gasteiger partial charge in [0.15, 0.2) is 0 Å². The maximum Gasteiger partial charge on any atom is 0.244 e. The normalized spacial score (nSPS) is 16.4. The molecule has 0 spiro atoms. The molecule has 2 aromatic carbocycles. The molecule has 1 amide bonds. The SMILES string of the molecule is COc1ccc(NC(=O)C2Cc3ccccc3CN2S(=O)(=O)c2ccc(C)cc2)cn1. The third kappa shape index (κ3) is 4.30. The predicted octanol–water partition coefficient (Wildman–Crippen LogP) is 3.15. The van der Waals surface area contributed by atoms with Crippen LogP contribution in [0.1, 0.15) is 16.7 Å². The quantitative estimate of drug-likeness (QED) is 0.662. The highest BCUT2D eigenvalue weighted by molar-refractivity contribution is 7.89. The molecule has 0 saturated carbocycles. The molecule has 3 aromatic rings. The van der Waals surface area contributed by atoms with E-state index in [9.17, 15) is 13.2 Å². The van der Waals surface area contributed by atoms with Crippen LogP contribution in [0.5, 0.6) is 5.88 Å². The maximum atomic E-state index is 13.5. The van der Waals surface area contributed by atoms with Gasteiger partial charge in [0, 0.05) is 12.6 Å². The summed E-state index contributed by atoms with van der Waals surface area (Å²) in [5, 5.41) is 2.79. The zero-order chi connectivity index (χ0) is 22.0. The number of aromatic nitrogens is 1. The van der Waals surface area contributed by atoms with Crippen molar-refractivity contribution in [2.24, 2.45) is 0 Å². The molecule has 0 fully saturated rings. The summed E-state index contributed by atoms with van der Waals surface area (Å²) in [5.41, 5.74) is 3.29. The van der Waals surface area contributed by atoms with Gasteiger partial charge in [-0.2, -0.15) is 4.31 Å². The van der Waals surface area contributed by atoms with Crippen LogP contribution in [0, 0.1) is 6.92 Å². The van der Waals surface area contributed by atoms with E-state index in [4.69, 9.17) is 4.74 Å². The first-order valence-electron chi connectivity index (χ1n) is 9.84. The summed E-state index contributed by atoms with van der Waals surface area (Å²) in [7, 11) is -2.37. The van der Waals surface area contributed by atoms with Crippen LogP contribution in [0.4, 0.5) is 5.69 Å². The van der Waals surface area contributed by atoms with Crippen molar-refractivity contribution in [3.05, 3.63) is 83.6 Å². The number of nitrogens with zero attached hydrogens (tertiary/aromatic N) is 2. The summed E-state index contributed by atoms with van der Waals surface area (Å²) in [6.45, 7) is 2.03. The summed E-state index contributed by atoms with van der Waals surface area (Å²) < 4.78 is 33.3. The summed E-state index contributed by atoms with van der Waals surface area (Å²) in [4.78, 5) is 17.5. The molecular weight excluding hydrogens is 414 g/mol. The van der Waals surface area contributed by atoms with Crippen LogP contribution < -0.4 is 10.1 Å². The van der Waals surface area contributed by atoms with Crippen molar-refractivity contribution < 1.29 is 17.9 Å². The highest BCUT2D eigenvalue weighted by atomic mass is 32.2. The fraction of sp³-hybridized carbons (Fsp3) is 0.217. The Bertz CT molecular complexity index is 1190. The molecule has 1 aliphatic heterocycles. The van der Waals surface area contributed by atoms with Gasteiger partial charge in [0.05, 0.1) is 23.9 Å². The Morgan fingerprint density at radius 2 is 1.77 bits per heavy atom. The Kier molecular flexibility index (Phi) is 5.75. The number of benzene rings is 2. The van der Waals surface area contributed by atoms with E-state index in [-0.39, 0.29) is 17.9 Å². The van der Waals surface area contributed by atoms with E-state index in [2.05, 4.69) is 10.3 Å². The van der Waals surface area contributed by atoms with Crippen LogP contribution in [-0.4, -0.2) is 36.8 Å². The van der Waals surface area contributed by atoms with Crippen molar-refractivity contribution in [3.63, 3.8) is 0 Å². The Morgan fingerprint density at radius 3 is 2.42 bits per heavy atom. The number of carbonyl (C=O) groups is 1. The van der Waals surface area contributed by atoms with Gasteiger partial charge in [0.25, 0.3) is 0 Å². The summed E-state index contributed by atoms with van der Waals surface area (Å²) in [6.07, 6.45) is 1.77. The van der Waals surface area contributed by atoms with Crippen molar-refractivity contribution in [3.8, 4) is 5.88 Å². The van der Waals surface area contributed by atoms with Crippen LogP contribution in [-0.2, 0) is 27.8 Å². The van der Waals surface area contributed by atoms with E-state index in [0.29, 0.717) is 11.6 Å². The van der Waals surface area contributed by atoms with E-state index >= 15 is 0 Å². The number of nitrogens with one attached hydrogen (secondary N) is 1. The fourth-order valence-corrected chi connectivity index (χ4v) is 5.19. The van der Waals surface area contributed by atoms with E-state index in [1.807, 2.05) is 31.2 Å². The molecule has 1 unspecified atom stereocenters. The highest BCUT2D eigenvalue weighted by Crippen LogP contribution is 2.30. The van der Waals surface area contributed by atoms with Crippen LogP contribution in [0.2, 0.25) is 0 Å². The highest BCUT2D eigenvalue weighted by Gasteiger charge is 2.39. The molecule has 160 valence electrons. The summed E-state index contributed by atoms with van der Waals surface area (Å²) in [6, 6.07) is 16.7. The molecule has 1 atom stereocenters. The molecule has 0 saturated heterocycles. The Morgan fingerprint density at radius 1 is 1.06 bits per heavy atom. The van der Waals surface area contributed by atoms with Gasteiger partial charge in [-0.05, 0) is 42.7 Å². The standard InChI is InChI=1S/C23H23N3O4S/c1-16-7-10-20(11-8-16)31(28,29)26-15-18-6-4-3-5-17(18)13-21(26)23(27)25-19-9-12-22(30-2)24-14-19/h3-12,14,21H,13,15H2,1-2H3,(H,25,27). The molecule has 0 aliphatic carbocycles. The lowest BCUT2D eigenvalue weighted by molar-refractivity contribution is -0.120. The summed E-state index contributed by atoms with van der Waals surface area (Å²) in [5.74, 6) is 0.0188. The smallest absolute Gasteiger partial charge is 0.244 e. The lowest BCUT2D eigenvalue weighted by atomic mass is 9.95. The van der Waals surface area contributed by atoms with Gasteiger partial charge in [0.2, 0.25) is 21.8 Å². The average molecular weight is 438 g/mol.